The van der Waals surface area contributed by atoms with Crippen molar-refractivity contribution in [2.75, 3.05) is 25.0 Å². The van der Waals surface area contributed by atoms with Crippen LogP contribution in [0.25, 0.3) is 0 Å². The Morgan fingerprint density at radius 3 is 2.72 bits per heavy atom. The van der Waals surface area contributed by atoms with Gasteiger partial charge in [-0.2, -0.15) is 0 Å². The van der Waals surface area contributed by atoms with Gasteiger partial charge in [-0.1, -0.05) is 6.07 Å². The predicted octanol–water partition coefficient (Wildman–Crippen LogP) is 3.28. The van der Waals surface area contributed by atoms with Crippen LogP contribution in [0, 0.1) is 18.6 Å². The topological polar surface area (TPSA) is 39.7 Å². The third-order valence-corrected chi connectivity index (χ3v) is 5.41. The molecular formula is C18H22F2N4S. The van der Waals surface area contributed by atoms with Crippen molar-refractivity contribution in [2.24, 2.45) is 4.99 Å². The van der Waals surface area contributed by atoms with Crippen LogP contribution in [0.1, 0.15) is 16.9 Å². The normalized spacial score (nSPS) is 17.8. The van der Waals surface area contributed by atoms with Crippen molar-refractivity contribution in [3.05, 3.63) is 51.7 Å². The molecule has 2 aromatic rings. The molecule has 4 nitrogen and oxygen atoms in total. The number of nitrogens with one attached hydrogen (secondary N) is 2. The molecule has 3 rings (SSSR count). The average Bonchev–Trinajstić information content (AvgIpc) is 3.20. The number of nitrogens with zero attached hydrogens (tertiary/aromatic N) is 2. The lowest BCUT2D eigenvalue weighted by Crippen LogP contribution is -2.44. The number of rotatable bonds is 4. The zero-order chi connectivity index (χ0) is 17.8. The van der Waals surface area contributed by atoms with Gasteiger partial charge in [0.05, 0.1) is 6.54 Å². The van der Waals surface area contributed by atoms with Gasteiger partial charge in [0.1, 0.15) is 17.3 Å². The van der Waals surface area contributed by atoms with E-state index in [0.717, 1.165) is 6.42 Å². The van der Waals surface area contributed by atoms with Crippen LogP contribution in [0.2, 0.25) is 0 Å². The van der Waals surface area contributed by atoms with E-state index in [4.69, 9.17) is 0 Å². The molecule has 134 valence electrons. The summed E-state index contributed by atoms with van der Waals surface area (Å²) in [6.45, 7) is 3.94. The maximum atomic E-state index is 13.9. The molecule has 1 aromatic heterocycles. The summed E-state index contributed by atoms with van der Waals surface area (Å²) in [5.74, 6) is -0.332. The third kappa shape index (κ3) is 4.10. The molecule has 2 N–H and O–H groups in total. The van der Waals surface area contributed by atoms with Crippen LogP contribution < -0.4 is 15.5 Å². The first kappa shape index (κ1) is 17.7. The van der Waals surface area contributed by atoms with Crippen LogP contribution in [0.15, 0.2) is 34.6 Å². The Morgan fingerprint density at radius 1 is 1.32 bits per heavy atom. The minimum Gasteiger partial charge on any atom is -0.365 e. The summed E-state index contributed by atoms with van der Waals surface area (Å²) in [7, 11) is 1.72. The minimum atomic E-state index is -0.517. The molecule has 1 aromatic carbocycles. The fourth-order valence-electron chi connectivity index (χ4n) is 3.01. The molecule has 0 radical (unpaired) electrons. The van der Waals surface area contributed by atoms with E-state index in [9.17, 15) is 8.78 Å². The second kappa shape index (κ2) is 7.82. The van der Waals surface area contributed by atoms with Gasteiger partial charge in [0.2, 0.25) is 0 Å². The Balaban J connectivity index is 1.57. The molecule has 25 heavy (non-hydrogen) atoms. The first-order valence-corrected chi connectivity index (χ1v) is 9.15. The van der Waals surface area contributed by atoms with Crippen molar-refractivity contribution in [1.29, 1.82) is 0 Å². The molecule has 1 atom stereocenters. The monoisotopic (exact) mass is 364 g/mol. The molecule has 0 spiro atoms. The van der Waals surface area contributed by atoms with Crippen LogP contribution in [-0.4, -0.2) is 32.1 Å². The molecule has 0 saturated carbocycles. The second-order valence-electron chi connectivity index (χ2n) is 6.10. The molecule has 1 saturated heterocycles. The lowest BCUT2D eigenvalue weighted by molar-refractivity contribution is 0.576. The number of thiophene rings is 1. The van der Waals surface area contributed by atoms with Gasteiger partial charge in [0.25, 0.3) is 0 Å². The number of benzene rings is 1. The van der Waals surface area contributed by atoms with E-state index in [-0.39, 0.29) is 11.7 Å². The van der Waals surface area contributed by atoms with E-state index in [2.05, 4.69) is 34.0 Å². The van der Waals surface area contributed by atoms with Gasteiger partial charge in [-0.25, -0.2) is 8.78 Å². The van der Waals surface area contributed by atoms with Crippen LogP contribution >= 0.6 is 11.3 Å². The van der Waals surface area contributed by atoms with Crippen molar-refractivity contribution in [1.82, 2.24) is 10.6 Å². The molecule has 0 amide bonds. The number of hydrogen-bond acceptors (Lipinski definition) is 3. The molecule has 2 heterocycles. The number of hydrogen-bond donors (Lipinski definition) is 2. The minimum absolute atomic E-state index is 0.0592. The lowest BCUT2D eigenvalue weighted by atomic mass is 10.2. The van der Waals surface area contributed by atoms with Crippen LogP contribution in [-0.2, 0) is 6.54 Å². The molecule has 0 bridgehead atoms. The fourth-order valence-corrected chi connectivity index (χ4v) is 3.86. The van der Waals surface area contributed by atoms with Gasteiger partial charge in [0.15, 0.2) is 5.96 Å². The summed E-state index contributed by atoms with van der Waals surface area (Å²) in [5.41, 5.74) is 1.32. The Hall–Kier alpha value is -2.15. The lowest BCUT2D eigenvalue weighted by Gasteiger charge is -2.21. The van der Waals surface area contributed by atoms with E-state index in [1.165, 1.54) is 28.6 Å². The van der Waals surface area contributed by atoms with Crippen molar-refractivity contribution >= 4 is 23.0 Å². The second-order valence-corrected chi connectivity index (χ2v) is 7.10. The third-order valence-electron chi connectivity index (χ3n) is 4.39. The fraction of sp³-hybridized carbons (Fsp3) is 0.389. The zero-order valence-corrected chi connectivity index (χ0v) is 15.2. The first-order valence-electron chi connectivity index (χ1n) is 8.27. The first-order chi connectivity index (χ1) is 12.1. The van der Waals surface area contributed by atoms with Gasteiger partial charge in [-0.15, -0.1) is 11.3 Å². The van der Waals surface area contributed by atoms with E-state index >= 15 is 0 Å². The summed E-state index contributed by atoms with van der Waals surface area (Å²) in [4.78, 5) is 7.26. The van der Waals surface area contributed by atoms with Gasteiger partial charge < -0.3 is 15.5 Å². The highest BCUT2D eigenvalue weighted by molar-refractivity contribution is 7.10. The maximum Gasteiger partial charge on any atom is 0.191 e. The van der Waals surface area contributed by atoms with Gasteiger partial charge in [0, 0.05) is 31.1 Å². The average molecular weight is 364 g/mol. The van der Waals surface area contributed by atoms with Crippen molar-refractivity contribution in [2.45, 2.75) is 25.9 Å². The Bertz CT molecular complexity index is 739. The largest absolute Gasteiger partial charge is 0.365 e. The quantitative estimate of drug-likeness (QED) is 0.646. The summed E-state index contributed by atoms with van der Waals surface area (Å²) < 4.78 is 27.9. The van der Waals surface area contributed by atoms with Gasteiger partial charge in [-0.05, 0) is 42.5 Å². The molecule has 0 aliphatic carbocycles. The number of halogens is 2. The van der Waals surface area contributed by atoms with Crippen LogP contribution in [0.5, 0.6) is 0 Å². The Morgan fingerprint density at radius 2 is 2.08 bits per heavy atom. The summed E-state index contributed by atoms with van der Waals surface area (Å²) >= 11 is 1.71. The number of para-hydroxylation sites is 1. The molecular weight excluding hydrogens is 342 g/mol. The molecule has 1 aliphatic rings. The summed E-state index contributed by atoms with van der Waals surface area (Å²) in [6, 6.07) is 6.16. The number of aryl methyl sites for hydroxylation is 1. The molecule has 1 aliphatic heterocycles. The van der Waals surface area contributed by atoms with Crippen LogP contribution in [0.4, 0.5) is 14.5 Å². The predicted molar refractivity (Wildman–Crippen MR) is 99.4 cm³/mol. The number of anilines is 1. The van der Waals surface area contributed by atoms with Crippen LogP contribution in [0.3, 0.4) is 0 Å². The van der Waals surface area contributed by atoms with Gasteiger partial charge >= 0.3 is 0 Å². The molecule has 1 unspecified atom stereocenters. The molecule has 7 heteroatoms. The Kier molecular flexibility index (Phi) is 5.53. The number of guanidine groups is 1. The van der Waals surface area contributed by atoms with E-state index in [0.29, 0.717) is 25.6 Å². The zero-order valence-electron chi connectivity index (χ0n) is 14.4. The highest BCUT2D eigenvalue weighted by Gasteiger charge is 2.27. The van der Waals surface area contributed by atoms with Crippen molar-refractivity contribution in [3.63, 3.8) is 0 Å². The SMILES string of the molecule is CN=C(NCc1sccc1C)NC1CCN(c2c(F)cccc2F)C1. The number of aliphatic imine (C=N–C) groups is 1. The standard InChI is InChI=1S/C18H22F2N4S/c1-12-7-9-25-16(12)10-22-18(21-2)23-13-6-8-24(11-13)17-14(19)4-3-5-15(17)20/h3-5,7,9,13H,6,8,10-11H2,1-2H3,(H2,21,22,23). The Labute approximate surface area is 150 Å². The summed E-state index contributed by atoms with van der Waals surface area (Å²) in [5, 5.41) is 8.71. The highest BCUT2D eigenvalue weighted by Crippen LogP contribution is 2.26. The van der Waals surface area contributed by atoms with Crippen molar-refractivity contribution in [3.8, 4) is 0 Å². The van der Waals surface area contributed by atoms with E-state index in [1.807, 2.05) is 0 Å². The highest BCUT2D eigenvalue weighted by atomic mass is 32.1. The van der Waals surface area contributed by atoms with Crippen molar-refractivity contribution < 1.29 is 8.78 Å². The maximum absolute atomic E-state index is 13.9. The summed E-state index contributed by atoms with van der Waals surface area (Å²) in [6.07, 6.45) is 0.798. The van der Waals surface area contributed by atoms with E-state index in [1.54, 1.807) is 23.3 Å². The van der Waals surface area contributed by atoms with E-state index < -0.39 is 11.6 Å². The molecule has 1 fully saturated rings. The smallest absolute Gasteiger partial charge is 0.191 e. The van der Waals surface area contributed by atoms with Gasteiger partial charge in [-0.3, -0.25) is 4.99 Å².